The molecule has 21 heavy (non-hydrogen) atoms. The van der Waals surface area contributed by atoms with Gasteiger partial charge < -0.3 is 9.88 Å². The number of nitrogens with zero attached hydrogens (tertiary/aromatic N) is 5. The van der Waals surface area contributed by atoms with Crippen LogP contribution in [0, 0.1) is 12.8 Å². The van der Waals surface area contributed by atoms with Gasteiger partial charge in [0, 0.05) is 37.3 Å². The monoisotopic (exact) mass is 288 g/mol. The van der Waals surface area contributed by atoms with Crippen molar-refractivity contribution in [1.82, 2.24) is 30.1 Å². The second-order valence-corrected chi connectivity index (χ2v) is 5.59. The van der Waals surface area contributed by atoms with Crippen LogP contribution in [0.3, 0.4) is 0 Å². The summed E-state index contributed by atoms with van der Waals surface area (Å²) in [7, 11) is 2.01. The Balaban J connectivity index is 1.56. The zero-order valence-corrected chi connectivity index (χ0v) is 12.4. The van der Waals surface area contributed by atoms with E-state index in [1.807, 2.05) is 13.1 Å². The number of amides is 1. The van der Waals surface area contributed by atoms with E-state index in [9.17, 15) is 4.79 Å². The van der Waals surface area contributed by atoms with Crippen molar-refractivity contribution < 1.29 is 4.79 Å². The van der Waals surface area contributed by atoms with Crippen molar-refractivity contribution in [2.45, 2.75) is 39.3 Å². The first kappa shape index (κ1) is 13.8. The Morgan fingerprint density at radius 3 is 3.05 bits per heavy atom. The maximum absolute atomic E-state index is 12.3. The van der Waals surface area contributed by atoms with Gasteiger partial charge in [0.25, 0.3) is 0 Å². The molecule has 1 atom stereocenters. The van der Waals surface area contributed by atoms with Crippen molar-refractivity contribution >= 4 is 5.91 Å². The number of tetrazole rings is 1. The number of rotatable bonds is 3. The van der Waals surface area contributed by atoms with Crippen molar-refractivity contribution in [2.75, 3.05) is 0 Å². The summed E-state index contributed by atoms with van der Waals surface area (Å²) in [6, 6.07) is 4.11. The van der Waals surface area contributed by atoms with Gasteiger partial charge in [0.05, 0.1) is 6.54 Å². The Labute approximate surface area is 123 Å². The van der Waals surface area contributed by atoms with E-state index in [4.69, 9.17) is 0 Å². The molecule has 0 saturated heterocycles. The van der Waals surface area contributed by atoms with E-state index < -0.39 is 0 Å². The summed E-state index contributed by atoms with van der Waals surface area (Å²) in [6.45, 7) is 3.34. The number of carbonyl (C=O) groups excluding carboxylic acids is 1. The molecule has 0 fully saturated rings. The lowest BCUT2D eigenvalue weighted by Gasteiger charge is -2.14. The number of carbonyl (C=O) groups is 1. The zero-order chi connectivity index (χ0) is 14.8. The lowest BCUT2D eigenvalue weighted by molar-refractivity contribution is -0.125. The standard InChI is InChI=1S/C14H20N6O/c1-10-3-5-12(19(10)2)9-15-14(21)11-4-6-13-16-17-18-20(13)8-7-11/h3,5,11H,4,6-9H2,1-2H3,(H,15,21). The second kappa shape index (κ2) is 5.67. The Bertz CT molecular complexity index is 621. The van der Waals surface area contributed by atoms with Gasteiger partial charge in [-0.05, 0) is 42.3 Å². The van der Waals surface area contributed by atoms with Crippen molar-refractivity contribution in [3.05, 3.63) is 29.3 Å². The van der Waals surface area contributed by atoms with E-state index in [1.165, 1.54) is 5.69 Å². The molecule has 1 aliphatic heterocycles. The SMILES string of the molecule is Cc1ccc(CNC(=O)C2CCc3nnnn3CC2)n1C. The van der Waals surface area contributed by atoms with Crippen molar-refractivity contribution in [3.8, 4) is 0 Å². The van der Waals surface area contributed by atoms with Gasteiger partial charge in [-0.1, -0.05) is 0 Å². The summed E-state index contributed by atoms with van der Waals surface area (Å²) in [5.41, 5.74) is 2.31. The van der Waals surface area contributed by atoms with Crippen LogP contribution in [-0.4, -0.2) is 30.7 Å². The maximum atomic E-state index is 12.3. The Morgan fingerprint density at radius 2 is 2.29 bits per heavy atom. The van der Waals surface area contributed by atoms with E-state index in [0.717, 1.165) is 30.8 Å². The summed E-state index contributed by atoms with van der Waals surface area (Å²) in [5.74, 6) is 1.02. The van der Waals surface area contributed by atoms with Crippen LogP contribution < -0.4 is 5.32 Å². The first-order valence-electron chi connectivity index (χ1n) is 7.29. The minimum absolute atomic E-state index is 0.0230. The highest BCUT2D eigenvalue weighted by molar-refractivity contribution is 5.78. The molecular formula is C14H20N6O. The van der Waals surface area contributed by atoms with Gasteiger partial charge in [-0.2, -0.15) is 0 Å². The van der Waals surface area contributed by atoms with Crippen LogP contribution in [0.5, 0.6) is 0 Å². The third kappa shape index (κ3) is 2.81. The molecule has 2 aromatic rings. The largest absolute Gasteiger partial charge is 0.350 e. The highest BCUT2D eigenvalue weighted by atomic mass is 16.1. The number of aromatic nitrogens is 5. The second-order valence-electron chi connectivity index (χ2n) is 5.59. The Kier molecular flexibility index (Phi) is 3.72. The Hall–Kier alpha value is -2.18. The molecule has 1 N–H and O–H groups in total. The summed E-state index contributed by atoms with van der Waals surface area (Å²) < 4.78 is 3.90. The average molecular weight is 288 g/mol. The molecule has 2 aromatic heterocycles. The lowest BCUT2D eigenvalue weighted by atomic mass is 9.99. The molecule has 1 unspecified atom stereocenters. The minimum Gasteiger partial charge on any atom is -0.350 e. The summed E-state index contributed by atoms with van der Waals surface area (Å²) in [4.78, 5) is 12.3. The highest BCUT2D eigenvalue weighted by Gasteiger charge is 2.23. The van der Waals surface area contributed by atoms with E-state index in [2.05, 4.69) is 38.4 Å². The van der Waals surface area contributed by atoms with Gasteiger partial charge in [0.2, 0.25) is 5.91 Å². The predicted molar refractivity (Wildman–Crippen MR) is 76.2 cm³/mol. The van der Waals surface area contributed by atoms with Gasteiger partial charge in [-0.3, -0.25) is 4.79 Å². The quantitative estimate of drug-likeness (QED) is 0.896. The molecule has 3 rings (SSSR count). The molecule has 0 aromatic carbocycles. The van der Waals surface area contributed by atoms with Gasteiger partial charge in [0.15, 0.2) is 5.82 Å². The van der Waals surface area contributed by atoms with Crippen LogP contribution >= 0.6 is 0 Å². The molecule has 3 heterocycles. The molecule has 7 nitrogen and oxygen atoms in total. The number of nitrogens with one attached hydrogen (secondary N) is 1. The topological polar surface area (TPSA) is 77.6 Å². The lowest BCUT2D eigenvalue weighted by Crippen LogP contribution is -2.31. The Morgan fingerprint density at radius 1 is 1.43 bits per heavy atom. The normalized spacial score (nSPS) is 18.1. The van der Waals surface area contributed by atoms with E-state index in [0.29, 0.717) is 13.1 Å². The summed E-state index contributed by atoms with van der Waals surface area (Å²) >= 11 is 0. The molecule has 112 valence electrons. The van der Waals surface area contributed by atoms with Crippen molar-refractivity contribution in [2.24, 2.45) is 13.0 Å². The fraction of sp³-hybridized carbons (Fsp3) is 0.571. The van der Waals surface area contributed by atoms with Crippen LogP contribution in [0.2, 0.25) is 0 Å². The molecular weight excluding hydrogens is 268 g/mol. The third-order valence-corrected chi connectivity index (χ3v) is 4.30. The smallest absolute Gasteiger partial charge is 0.223 e. The van der Waals surface area contributed by atoms with Crippen LogP contribution in [0.4, 0.5) is 0 Å². The van der Waals surface area contributed by atoms with Crippen molar-refractivity contribution in [1.29, 1.82) is 0 Å². The van der Waals surface area contributed by atoms with Gasteiger partial charge in [-0.15, -0.1) is 5.10 Å². The molecule has 0 aliphatic carbocycles. The molecule has 0 radical (unpaired) electrons. The third-order valence-electron chi connectivity index (χ3n) is 4.30. The summed E-state index contributed by atoms with van der Waals surface area (Å²) in [5, 5.41) is 14.6. The molecule has 0 saturated carbocycles. The summed E-state index contributed by atoms with van der Waals surface area (Å²) in [6.07, 6.45) is 2.35. The number of fused-ring (bicyclic) bond motifs is 1. The molecule has 7 heteroatoms. The molecule has 0 spiro atoms. The molecule has 1 aliphatic rings. The molecule has 1 amide bonds. The first-order valence-corrected chi connectivity index (χ1v) is 7.29. The van der Waals surface area contributed by atoms with Gasteiger partial charge in [-0.25, -0.2) is 4.68 Å². The predicted octanol–water partition coefficient (Wildman–Crippen LogP) is 0.589. The average Bonchev–Trinajstić information content (AvgIpc) is 2.99. The fourth-order valence-electron chi connectivity index (χ4n) is 2.73. The highest BCUT2D eigenvalue weighted by Crippen LogP contribution is 2.18. The van der Waals surface area contributed by atoms with Crippen LogP contribution in [-0.2, 0) is 31.4 Å². The number of hydrogen-bond acceptors (Lipinski definition) is 4. The van der Waals surface area contributed by atoms with Gasteiger partial charge >= 0.3 is 0 Å². The number of hydrogen-bond donors (Lipinski definition) is 1. The number of aryl methyl sites for hydroxylation is 3. The van der Waals surface area contributed by atoms with Crippen LogP contribution in [0.15, 0.2) is 12.1 Å². The van der Waals surface area contributed by atoms with E-state index in [-0.39, 0.29) is 11.8 Å². The van der Waals surface area contributed by atoms with Gasteiger partial charge in [0.1, 0.15) is 0 Å². The van der Waals surface area contributed by atoms with Crippen LogP contribution in [0.25, 0.3) is 0 Å². The van der Waals surface area contributed by atoms with Crippen molar-refractivity contribution in [3.63, 3.8) is 0 Å². The fourth-order valence-corrected chi connectivity index (χ4v) is 2.73. The zero-order valence-electron chi connectivity index (χ0n) is 12.4. The first-order chi connectivity index (χ1) is 10.1. The molecule has 0 bridgehead atoms. The maximum Gasteiger partial charge on any atom is 0.223 e. The van der Waals surface area contributed by atoms with E-state index in [1.54, 1.807) is 4.68 Å². The van der Waals surface area contributed by atoms with Crippen LogP contribution in [0.1, 0.15) is 30.1 Å². The minimum atomic E-state index is 0.0230. The van der Waals surface area contributed by atoms with E-state index >= 15 is 0 Å².